The molecule has 0 radical (unpaired) electrons. The summed E-state index contributed by atoms with van der Waals surface area (Å²) in [4.78, 5) is 22.0. The normalized spacial score (nSPS) is 20.1. The van der Waals surface area contributed by atoms with Crippen LogP contribution in [0.1, 0.15) is 42.2 Å². The Balaban J connectivity index is 1.63. The van der Waals surface area contributed by atoms with Gasteiger partial charge in [-0.15, -0.1) is 0 Å². The maximum Gasteiger partial charge on any atom is 0.277 e. The van der Waals surface area contributed by atoms with Crippen molar-refractivity contribution in [2.24, 2.45) is 0 Å². The number of pyridine rings is 1. The number of anilines is 2. The molecule has 0 aliphatic carbocycles. The number of fused-ring (bicyclic) bond motifs is 1. The third-order valence-electron chi connectivity index (χ3n) is 5.06. The first-order valence-electron chi connectivity index (χ1n) is 8.87. The average Bonchev–Trinajstić information content (AvgIpc) is 2.97. The largest absolute Gasteiger partial charge is 0.357 e. The second-order valence-electron chi connectivity index (χ2n) is 6.79. The highest BCUT2D eigenvalue weighted by molar-refractivity contribution is 6.06. The number of amides is 1. The van der Waals surface area contributed by atoms with E-state index in [1.165, 1.54) is 24.8 Å². The van der Waals surface area contributed by atoms with Gasteiger partial charge in [0.1, 0.15) is 11.5 Å². The molecule has 2 aliphatic heterocycles. The summed E-state index contributed by atoms with van der Waals surface area (Å²) in [6.45, 7) is 4.17. The third-order valence-corrected chi connectivity index (χ3v) is 5.06. The molecule has 3 heterocycles. The van der Waals surface area contributed by atoms with Crippen LogP contribution in [0.15, 0.2) is 42.5 Å². The number of piperidine rings is 1. The molecule has 0 N–H and O–H groups in total. The van der Waals surface area contributed by atoms with E-state index in [9.17, 15) is 4.79 Å². The summed E-state index contributed by atoms with van der Waals surface area (Å²) in [7, 11) is 0. The first kappa shape index (κ1) is 15.2. The maximum absolute atomic E-state index is 13.1. The Kier molecular flexibility index (Phi) is 3.97. The van der Waals surface area contributed by atoms with Gasteiger partial charge in [0, 0.05) is 24.8 Å². The van der Waals surface area contributed by atoms with Gasteiger partial charge in [0.25, 0.3) is 5.91 Å². The number of hydrogen-bond donors (Lipinski definition) is 0. The predicted molar refractivity (Wildman–Crippen MR) is 96.7 cm³/mol. The fourth-order valence-corrected chi connectivity index (χ4v) is 3.84. The topological polar surface area (TPSA) is 36.4 Å². The van der Waals surface area contributed by atoms with Crippen LogP contribution in [0.25, 0.3) is 0 Å². The van der Waals surface area contributed by atoms with Gasteiger partial charge in [0.15, 0.2) is 0 Å². The lowest BCUT2D eigenvalue weighted by molar-refractivity contribution is 0.0976. The molecule has 0 spiro atoms. The molecule has 0 saturated carbocycles. The molecule has 1 fully saturated rings. The minimum Gasteiger partial charge on any atom is -0.357 e. The zero-order valence-corrected chi connectivity index (χ0v) is 14.1. The Morgan fingerprint density at radius 3 is 2.67 bits per heavy atom. The number of benzene rings is 1. The molecule has 0 bridgehead atoms. The monoisotopic (exact) mass is 321 g/mol. The van der Waals surface area contributed by atoms with E-state index in [0.717, 1.165) is 31.0 Å². The van der Waals surface area contributed by atoms with Crippen molar-refractivity contribution in [1.82, 2.24) is 4.98 Å². The van der Waals surface area contributed by atoms with Gasteiger partial charge in [-0.05, 0) is 56.4 Å². The summed E-state index contributed by atoms with van der Waals surface area (Å²) >= 11 is 0. The standard InChI is InChI=1S/C20H23N3O/c1-15-14-16-8-3-4-10-18(16)23(15)20(24)17-9-7-11-19(21-17)22-12-5-2-6-13-22/h3-4,7-11,15H,2,5-6,12-14H2,1H3. The van der Waals surface area contributed by atoms with Crippen molar-refractivity contribution < 1.29 is 4.79 Å². The van der Waals surface area contributed by atoms with Crippen LogP contribution in [0.3, 0.4) is 0 Å². The minimum absolute atomic E-state index is 0.00584. The summed E-state index contributed by atoms with van der Waals surface area (Å²) in [6.07, 6.45) is 4.61. The van der Waals surface area contributed by atoms with Crippen LogP contribution in [-0.2, 0) is 6.42 Å². The summed E-state index contributed by atoms with van der Waals surface area (Å²) in [5.74, 6) is 0.937. The van der Waals surface area contributed by atoms with Gasteiger partial charge in [0.2, 0.25) is 0 Å². The molecule has 1 amide bonds. The molecule has 4 heteroatoms. The van der Waals surface area contributed by atoms with Gasteiger partial charge < -0.3 is 9.80 Å². The lowest BCUT2D eigenvalue weighted by atomic mass is 10.1. The molecule has 2 aromatic rings. The van der Waals surface area contributed by atoms with Crippen LogP contribution in [0.5, 0.6) is 0 Å². The van der Waals surface area contributed by atoms with E-state index in [2.05, 4.69) is 22.9 Å². The number of hydrogen-bond acceptors (Lipinski definition) is 3. The van der Waals surface area contributed by atoms with Crippen molar-refractivity contribution in [3.63, 3.8) is 0 Å². The maximum atomic E-state index is 13.1. The second kappa shape index (κ2) is 6.27. The smallest absolute Gasteiger partial charge is 0.277 e. The van der Waals surface area contributed by atoms with E-state index in [1.54, 1.807) is 0 Å². The van der Waals surface area contributed by atoms with E-state index in [0.29, 0.717) is 5.69 Å². The third kappa shape index (κ3) is 2.66. The Hall–Kier alpha value is -2.36. The van der Waals surface area contributed by atoms with E-state index < -0.39 is 0 Å². The van der Waals surface area contributed by atoms with Crippen LogP contribution < -0.4 is 9.80 Å². The Morgan fingerprint density at radius 2 is 1.83 bits per heavy atom. The highest BCUT2D eigenvalue weighted by Crippen LogP contribution is 2.33. The van der Waals surface area contributed by atoms with Gasteiger partial charge in [-0.25, -0.2) is 4.98 Å². The molecule has 1 aromatic carbocycles. The van der Waals surface area contributed by atoms with E-state index in [-0.39, 0.29) is 11.9 Å². The van der Waals surface area contributed by atoms with E-state index >= 15 is 0 Å². The summed E-state index contributed by atoms with van der Waals surface area (Å²) in [5, 5.41) is 0. The highest BCUT2D eigenvalue weighted by atomic mass is 16.2. The second-order valence-corrected chi connectivity index (χ2v) is 6.79. The quantitative estimate of drug-likeness (QED) is 0.847. The van der Waals surface area contributed by atoms with E-state index in [1.807, 2.05) is 41.3 Å². The summed E-state index contributed by atoms with van der Waals surface area (Å²) < 4.78 is 0. The molecule has 4 rings (SSSR count). The number of carbonyl (C=O) groups is 1. The van der Waals surface area contributed by atoms with Crippen molar-refractivity contribution in [3.05, 3.63) is 53.7 Å². The summed E-state index contributed by atoms with van der Waals surface area (Å²) in [5.41, 5.74) is 2.81. The Bertz CT molecular complexity index is 752. The van der Waals surface area contributed by atoms with Gasteiger partial charge in [-0.1, -0.05) is 24.3 Å². The fourth-order valence-electron chi connectivity index (χ4n) is 3.84. The minimum atomic E-state index is 0.00584. The van der Waals surface area contributed by atoms with Crippen LogP contribution in [-0.4, -0.2) is 30.0 Å². The average molecular weight is 321 g/mol. The number of para-hydroxylation sites is 1. The first-order valence-corrected chi connectivity index (χ1v) is 8.87. The molecule has 124 valence electrons. The molecule has 4 nitrogen and oxygen atoms in total. The lowest BCUT2D eigenvalue weighted by Gasteiger charge is -2.28. The molecule has 1 saturated heterocycles. The van der Waals surface area contributed by atoms with Crippen LogP contribution >= 0.6 is 0 Å². The van der Waals surface area contributed by atoms with Crippen molar-refractivity contribution in [1.29, 1.82) is 0 Å². The van der Waals surface area contributed by atoms with Gasteiger partial charge >= 0.3 is 0 Å². The van der Waals surface area contributed by atoms with Crippen LogP contribution in [0.2, 0.25) is 0 Å². The molecule has 1 atom stereocenters. The molecule has 24 heavy (non-hydrogen) atoms. The van der Waals surface area contributed by atoms with Gasteiger partial charge in [-0.3, -0.25) is 4.79 Å². The molecule has 2 aliphatic rings. The van der Waals surface area contributed by atoms with E-state index in [4.69, 9.17) is 0 Å². The molecular weight excluding hydrogens is 298 g/mol. The predicted octanol–water partition coefficient (Wildman–Crippen LogP) is 3.66. The Labute approximate surface area is 143 Å². The molecule has 1 aromatic heterocycles. The van der Waals surface area contributed by atoms with Crippen molar-refractivity contribution in [3.8, 4) is 0 Å². The molecular formula is C20H23N3O. The number of carbonyl (C=O) groups excluding carboxylic acids is 1. The number of nitrogens with zero attached hydrogens (tertiary/aromatic N) is 3. The highest BCUT2D eigenvalue weighted by Gasteiger charge is 2.32. The lowest BCUT2D eigenvalue weighted by Crippen LogP contribution is -2.37. The van der Waals surface area contributed by atoms with Gasteiger partial charge in [-0.2, -0.15) is 0 Å². The number of aromatic nitrogens is 1. The van der Waals surface area contributed by atoms with Crippen LogP contribution in [0, 0.1) is 0 Å². The van der Waals surface area contributed by atoms with Crippen LogP contribution in [0.4, 0.5) is 11.5 Å². The number of rotatable bonds is 2. The SMILES string of the molecule is CC1Cc2ccccc2N1C(=O)c1cccc(N2CCCCC2)n1. The van der Waals surface area contributed by atoms with Crippen molar-refractivity contribution in [2.75, 3.05) is 22.9 Å². The fraction of sp³-hybridized carbons (Fsp3) is 0.400. The Morgan fingerprint density at radius 1 is 1.04 bits per heavy atom. The van der Waals surface area contributed by atoms with Crippen molar-refractivity contribution in [2.45, 2.75) is 38.6 Å². The molecule has 1 unspecified atom stereocenters. The van der Waals surface area contributed by atoms with Crippen molar-refractivity contribution >= 4 is 17.4 Å². The van der Waals surface area contributed by atoms with Gasteiger partial charge in [0.05, 0.1) is 0 Å². The first-order chi connectivity index (χ1) is 11.7. The zero-order chi connectivity index (χ0) is 16.5. The summed E-state index contributed by atoms with van der Waals surface area (Å²) in [6, 6.07) is 14.2. The zero-order valence-electron chi connectivity index (χ0n) is 14.1.